The highest BCUT2D eigenvalue weighted by Crippen LogP contribution is 2.40. The van der Waals surface area contributed by atoms with Crippen LogP contribution in [0.15, 0.2) is 53.3 Å². The topological polar surface area (TPSA) is 46.9 Å². The largest absolute Gasteiger partial charge is 0.433 e. The van der Waals surface area contributed by atoms with Crippen LogP contribution in [0.3, 0.4) is 0 Å². The molecule has 1 aromatic heterocycles. The molecule has 1 N–H and O–H groups in total. The number of hydrogen-bond donors (Lipinski definition) is 1. The average molecular weight is 516 g/mol. The van der Waals surface area contributed by atoms with E-state index in [2.05, 4.69) is 4.98 Å². The first-order valence-electron chi connectivity index (χ1n) is 9.05. The Morgan fingerprint density at radius 3 is 2.06 bits per heavy atom. The highest BCUT2D eigenvalue weighted by atomic mass is 35.5. The van der Waals surface area contributed by atoms with E-state index in [9.17, 15) is 44.3 Å². The number of aromatic nitrogens is 2. The molecular formula is C20H11ClF9N3O. The van der Waals surface area contributed by atoms with Gasteiger partial charge in [0.1, 0.15) is 0 Å². The number of hydrogen-bond acceptors (Lipinski definition) is 3. The Morgan fingerprint density at radius 2 is 1.50 bits per heavy atom. The molecule has 0 bridgehead atoms. The molecule has 0 fully saturated rings. The van der Waals surface area contributed by atoms with E-state index in [1.165, 1.54) is 24.3 Å². The van der Waals surface area contributed by atoms with E-state index in [0.717, 1.165) is 0 Å². The minimum atomic E-state index is -5.18. The molecule has 182 valence electrons. The smallest absolute Gasteiger partial charge is 0.325 e. The lowest BCUT2D eigenvalue weighted by molar-refractivity contribution is -0.141. The van der Waals surface area contributed by atoms with Gasteiger partial charge in [0.15, 0.2) is 5.69 Å². The number of anilines is 2. The van der Waals surface area contributed by atoms with E-state index in [0.29, 0.717) is 4.57 Å². The molecule has 0 aliphatic rings. The van der Waals surface area contributed by atoms with Crippen LogP contribution in [0, 0.1) is 0 Å². The Morgan fingerprint density at radius 1 is 0.853 bits per heavy atom. The van der Waals surface area contributed by atoms with Crippen LogP contribution in [0.1, 0.15) is 22.4 Å². The lowest BCUT2D eigenvalue weighted by atomic mass is 10.1. The molecule has 0 aliphatic carbocycles. The summed E-state index contributed by atoms with van der Waals surface area (Å²) in [6, 6.07) is 6.23. The second-order valence-corrected chi connectivity index (χ2v) is 7.27. The summed E-state index contributed by atoms with van der Waals surface area (Å²) in [5.74, 6) is -1.07. The maximum Gasteiger partial charge on any atom is 0.433 e. The van der Waals surface area contributed by atoms with E-state index in [4.69, 9.17) is 11.6 Å². The van der Waals surface area contributed by atoms with Crippen molar-refractivity contribution < 1.29 is 39.5 Å². The minimum Gasteiger partial charge on any atom is -0.325 e. The Labute approximate surface area is 189 Å². The van der Waals surface area contributed by atoms with Crippen LogP contribution in [0.5, 0.6) is 0 Å². The zero-order valence-electron chi connectivity index (χ0n) is 16.4. The van der Waals surface area contributed by atoms with Gasteiger partial charge < -0.3 is 5.32 Å². The van der Waals surface area contributed by atoms with Gasteiger partial charge in [-0.1, -0.05) is 29.8 Å². The number of halogens is 10. The highest BCUT2D eigenvalue weighted by Gasteiger charge is 2.38. The molecule has 0 saturated carbocycles. The highest BCUT2D eigenvalue weighted by molar-refractivity contribution is 6.31. The summed E-state index contributed by atoms with van der Waals surface area (Å²) in [6.07, 6.45) is -15.4. The lowest BCUT2D eigenvalue weighted by Gasteiger charge is -2.20. The Bertz CT molecular complexity index is 1260. The molecule has 0 saturated heterocycles. The number of rotatable bonds is 4. The molecule has 14 heteroatoms. The number of benzene rings is 2. The van der Waals surface area contributed by atoms with Crippen molar-refractivity contribution in [3.8, 4) is 0 Å². The predicted octanol–water partition coefficient (Wildman–Crippen LogP) is 6.75. The molecule has 2 aromatic carbocycles. The summed E-state index contributed by atoms with van der Waals surface area (Å²) in [7, 11) is 0. The standard InChI is InChI=1S/C20H11ClF9N3O/c21-13-4-2-1-3-10(13)9-33-16(34)8-15(20(28,29)30)32-17(33)31-14-7-11(18(22,23)24)5-6-12(14)19(25,26)27/h1-8H,9H2,(H,31,32). The van der Waals surface area contributed by atoms with Crippen molar-refractivity contribution in [3.05, 3.63) is 86.3 Å². The molecule has 3 aromatic rings. The van der Waals surface area contributed by atoms with Gasteiger partial charge in [-0.15, -0.1) is 0 Å². The SMILES string of the molecule is O=c1cc(C(F)(F)F)nc(Nc2cc(C(F)(F)F)ccc2C(F)(F)F)n1Cc1ccccc1Cl. The van der Waals surface area contributed by atoms with Crippen LogP contribution in [-0.2, 0) is 25.1 Å². The number of alkyl halides is 9. The second-order valence-electron chi connectivity index (χ2n) is 6.86. The first kappa shape index (κ1) is 25.4. The van der Waals surface area contributed by atoms with Crippen molar-refractivity contribution in [2.24, 2.45) is 0 Å². The van der Waals surface area contributed by atoms with Crippen molar-refractivity contribution in [2.75, 3.05) is 5.32 Å². The van der Waals surface area contributed by atoms with Gasteiger partial charge in [-0.2, -0.15) is 39.5 Å². The van der Waals surface area contributed by atoms with Crippen LogP contribution in [0.25, 0.3) is 0 Å². The van der Waals surface area contributed by atoms with Crippen molar-refractivity contribution in [2.45, 2.75) is 25.1 Å². The van der Waals surface area contributed by atoms with Gasteiger partial charge in [-0.25, -0.2) is 4.98 Å². The summed E-state index contributed by atoms with van der Waals surface area (Å²) in [5.41, 5.74) is -7.26. The van der Waals surface area contributed by atoms with Crippen molar-refractivity contribution in [1.82, 2.24) is 9.55 Å². The molecule has 1 heterocycles. The molecular weight excluding hydrogens is 505 g/mol. The number of nitrogens with zero attached hydrogens (tertiary/aromatic N) is 2. The first-order chi connectivity index (χ1) is 15.6. The van der Waals surface area contributed by atoms with Crippen LogP contribution in [0.2, 0.25) is 5.02 Å². The minimum absolute atomic E-state index is 0.0646. The normalized spacial score (nSPS) is 12.6. The third-order valence-corrected chi connectivity index (χ3v) is 4.85. The average Bonchev–Trinajstić information content (AvgIpc) is 2.69. The van der Waals surface area contributed by atoms with Gasteiger partial charge in [-0.3, -0.25) is 9.36 Å². The van der Waals surface area contributed by atoms with Crippen molar-refractivity contribution in [1.29, 1.82) is 0 Å². The summed E-state index contributed by atoms with van der Waals surface area (Å²) in [5, 5.41) is 1.92. The van der Waals surface area contributed by atoms with Crippen LogP contribution >= 0.6 is 11.6 Å². The molecule has 4 nitrogen and oxygen atoms in total. The Hall–Kier alpha value is -3.22. The molecule has 0 unspecified atom stereocenters. The third-order valence-electron chi connectivity index (χ3n) is 4.48. The van der Waals surface area contributed by atoms with E-state index < -0.39 is 59.1 Å². The van der Waals surface area contributed by atoms with Gasteiger partial charge in [0.25, 0.3) is 5.56 Å². The molecule has 0 atom stereocenters. The van der Waals surface area contributed by atoms with E-state index >= 15 is 0 Å². The predicted molar refractivity (Wildman–Crippen MR) is 104 cm³/mol. The van der Waals surface area contributed by atoms with Gasteiger partial charge in [0, 0.05) is 11.1 Å². The van der Waals surface area contributed by atoms with Crippen LogP contribution in [-0.4, -0.2) is 9.55 Å². The van der Waals surface area contributed by atoms with Crippen molar-refractivity contribution in [3.63, 3.8) is 0 Å². The van der Waals surface area contributed by atoms with Gasteiger partial charge >= 0.3 is 18.5 Å². The van der Waals surface area contributed by atoms with Crippen LogP contribution < -0.4 is 10.9 Å². The quantitative estimate of drug-likeness (QED) is 0.391. The van der Waals surface area contributed by atoms with E-state index in [-0.39, 0.29) is 34.9 Å². The molecule has 34 heavy (non-hydrogen) atoms. The molecule has 0 spiro atoms. The fourth-order valence-corrected chi connectivity index (χ4v) is 3.08. The fourth-order valence-electron chi connectivity index (χ4n) is 2.89. The van der Waals surface area contributed by atoms with E-state index in [1.807, 2.05) is 5.32 Å². The van der Waals surface area contributed by atoms with Gasteiger partial charge in [0.05, 0.1) is 23.4 Å². The molecule has 3 rings (SSSR count). The lowest BCUT2D eigenvalue weighted by Crippen LogP contribution is -2.27. The van der Waals surface area contributed by atoms with Crippen LogP contribution in [0.4, 0.5) is 51.1 Å². The monoisotopic (exact) mass is 515 g/mol. The zero-order valence-corrected chi connectivity index (χ0v) is 17.2. The Kier molecular flexibility index (Phi) is 6.62. The Balaban J connectivity index is 2.23. The maximum atomic E-state index is 13.4. The number of nitrogens with one attached hydrogen (secondary N) is 1. The maximum absolute atomic E-state index is 13.4. The third kappa shape index (κ3) is 5.64. The zero-order chi connectivity index (χ0) is 25.5. The van der Waals surface area contributed by atoms with Gasteiger partial charge in [0.2, 0.25) is 5.95 Å². The van der Waals surface area contributed by atoms with E-state index in [1.54, 1.807) is 0 Å². The second kappa shape index (κ2) is 8.85. The fraction of sp³-hybridized carbons (Fsp3) is 0.200. The first-order valence-corrected chi connectivity index (χ1v) is 9.43. The molecule has 0 radical (unpaired) electrons. The summed E-state index contributed by atoms with van der Waals surface area (Å²) >= 11 is 5.99. The van der Waals surface area contributed by atoms with Crippen molar-refractivity contribution >= 4 is 23.2 Å². The summed E-state index contributed by atoms with van der Waals surface area (Å²) < 4.78 is 120. The molecule has 0 aliphatic heterocycles. The van der Waals surface area contributed by atoms with Gasteiger partial charge in [-0.05, 0) is 29.8 Å². The summed E-state index contributed by atoms with van der Waals surface area (Å²) in [4.78, 5) is 15.6. The summed E-state index contributed by atoms with van der Waals surface area (Å²) in [6.45, 7) is -0.535. The molecule has 0 amide bonds.